The van der Waals surface area contributed by atoms with E-state index >= 15 is 0 Å². The summed E-state index contributed by atoms with van der Waals surface area (Å²) in [5.41, 5.74) is 2.17. The molecule has 0 saturated heterocycles. The SMILES string of the molecule is CCCC1C(=O)N(c2ccc3ncoc3c2)N=CC1C. The molecule has 1 aromatic carbocycles. The monoisotopic (exact) mass is 271 g/mol. The molecule has 5 nitrogen and oxygen atoms in total. The molecule has 5 heteroatoms. The maximum atomic E-state index is 12.6. The molecular weight excluding hydrogens is 254 g/mol. The lowest BCUT2D eigenvalue weighted by atomic mass is 9.88. The van der Waals surface area contributed by atoms with E-state index in [-0.39, 0.29) is 17.7 Å². The number of hydrazone groups is 1. The van der Waals surface area contributed by atoms with Crippen LogP contribution >= 0.6 is 0 Å². The number of rotatable bonds is 3. The number of carbonyl (C=O) groups is 1. The average Bonchev–Trinajstić information content (AvgIpc) is 2.91. The molecule has 1 aliphatic rings. The lowest BCUT2D eigenvalue weighted by Crippen LogP contribution is -2.40. The van der Waals surface area contributed by atoms with Gasteiger partial charge in [0.2, 0.25) is 0 Å². The number of carbonyl (C=O) groups excluding carboxylic acids is 1. The van der Waals surface area contributed by atoms with Crippen molar-refractivity contribution in [2.75, 3.05) is 5.01 Å². The fourth-order valence-electron chi connectivity index (χ4n) is 2.58. The van der Waals surface area contributed by atoms with Crippen LogP contribution in [0.3, 0.4) is 0 Å². The molecule has 0 bridgehead atoms. The summed E-state index contributed by atoms with van der Waals surface area (Å²) >= 11 is 0. The van der Waals surface area contributed by atoms with E-state index in [1.807, 2.05) is 25.3 Å². The van der Waals surface area contributed by atoms with Crippen LogP contribution in [0.1, 0.15) is 26.7 Å². The Morgan fingerprint density at radius 3 is 3.05 bits per heavy atom. The second-order valence-corrected chi connectivity index (χ2v) is 5.17. The first kappa shape index (κ1) is 12.8. The minimum atomic E-state index is 0.00271. The number of amides is 1. The number of nitrogens with zero attached hydrogens (tertiary/aromatic N) is 3. The molecule has 0 radical (unpaired) electrons. The van der Waals surface area contributed by atoms with Gasteiger partial charge >= 0.3 is 0 Å². The van der Waals surface area contributed by atoms with Crippen LogP contribution in [0.5, 0.6) is 0 Å². The van der Waals surface area contributed by atoms with Gasteiger partial charge in [0.1, 0.15) is 5.52 Å². The molecule has 0 saturated carbocycles. The predicted octanol–water partition coefficient (Wildman–Crippen LogP) is 3.21. The Hall–Kier alpha value is -2.17. The van der Waals surface area contributed by atoms with Gasteiger partial charge in [-0.3, -0.25) is 4.79 Å². The molecule has 2 aromatic rings. The summed E-state index contributed by atoms with van der Waals surface area (Å²) in [6.07, 6.45) is 5.13. The highest BCUT2D eigenvalue weighted by atomic mass is 16.3. The van der Waals surface area contributed by atoms with Crippen molar-refractivity contribution < 1.29 is 9.21 Å². The van der Waals surface area contributed by atoms with Gasteiger partial charge in [-0.25, -0.2) is 9.99 Å². The van der Waals surface area contributed by atoms with Crippen molar-refractivity contribution in [2.24, 2.45) is 16.9 Å². The third-order valence-corrected chi connectivity index (χ3v) is 3.74. The zero-order valence-corrected chi connectivity index (χ0v) is 11.6. The van der Waals surface area contributed by atoms with E-state index in [1.165, 1.54) is 11.4 Å². The van der Waals surface area contributed by atoms with Crippen LogP contribution in [0.25, 0.3) is 11.1 Å². The fraction of sp³-hybridized carbons (Fsp3) is 0.400. The van der Waals surface area contributed by atoms with Gasteiger partial charge in [-0.1, -0.05) is 20.3 Å². The summed E-state index contributed by atoms with van der Waals surface area (Å²) < 4.78 is 5.28. The maximum Gasteiger partial charge on any atom is 0.251 e. The number of benzene rings is 1. The first-order valence-corrected chi connectivity index (χ1v) is 6.92. The summed E-state index contributed by atoms with van der Waals surface area (Å²) in [5, 5.41) is 5.76. The molecule has 104 valence electrons. The average molecular weight is 271 g/mol. The topological polar surface area (TPSA) is 58.7 Å². The van der Waals surface area contributed by atoms with Crippen molar-refractivity contribution in [3.63, 3.8) is 0 Å². The molecule has 20 heavy (non-hydrogen) atoms. The smallest absolute Gasteiger partial charge is 0.251 e. The van der Waals surface area contributed by atoms with Gasteiger partial charge in [0, 0.05) is 24.1 Å². The number of oxazole rings is 1. The van der Waals surface area contributed by atoms with E-state index in [9.17, 15) is 4.79 Å². The van der Waals surface area contributed by atoms with E-state index in [4.69, 9.17) is 4.42 Å². The molecule has 1 amide bonds. The highest BCUT2D eigenvalue weighted by Crippen LogP contribution is 2.29. The largest absolute Gasteiger partial charge is 0.443 e. The van der Waals surface area contributed by atoms with Gasteiger partial charge < -0.3 is 4.42 Å². The Morgan fingerprint density at radius 2 is 2.25 bits per heavy atom. The number of hydrogen-bond donors (Lipinski definition) is 0. The highest BCUT2D eigenvalue weighted by molar-refractivity contribution is 6.00. The number of fused-ring (bicyclic) bond motifs is 1. The number of hydrogen-bond acceptors (Lipinski definition) is 4. The maximum absolute atomic E-state index is 12.6. The summed E-state index contributed by atoms with van der Waals surface area (Å²) in [4.78, 5) is 16.6. The minimum Gasteiger partial charge on any atom is -0.443 e. The zero-order chi connectivity index (χ0) is 14.1. The van der Waals surface area contributed by atoms with E-state index in [0.717, 1.165) is 24.0 Å². The lowest BCUT2D eigenvalue weighted by Gasteiger charge is -2.30. The predicted molar refractivity (Wildman–Crippen MR) is 77.5 cm³/mol. The van der Waals surface area contributed by atoms with Crippen LogP contribution in [-0.4, -0.2) is 17.1 Å². The van der Waals surface area contributed by atoms with Gasteiger partial charge in [0.25, 0.3) is 5.91 Å². The second kappa shape index (κ2) is 5.07. The van der Waals surface area contributed by atoms with Crippen molar-refractivity contribution in [2.45, 2.75) is 26.7 Å². The number of anilines is 1. The Morgan fingerprint density at radius 1 is 1.40 bits per heavy atom. The van der Waals surface area contributed by atoms with Gasteiger partial charge in [0.15, 0.2) is 12.0 Å². The normalized spacial score (nSPS) is 22.7. The molecule has 0 spiro atoms. The third kappa shape index (κ3) is 2.09. The van der Waals surface area contributed by atoms with E-state index < -0.39 is 0 Å². The Bertz CT molecular complexity index is 662. The van der Waals surface area contributed by atoms with Gasteiger partial charge in [0.05, 0.1) is 5.69 Å². The van der Waals surface area contributed by atoms with E-state index in [0.29, 0.717) is 5.58 Å². The lowest BCUT2D eigenvalue weighted by molar-refractivity contribution is -0.123. The highest BCUT2D eigenvalue weighted by Gasteiger charge is 2.32. The van der Waals surface area contributed by atoms with Crippen LogP contribution < -0.4 is 5.01 Å². The quantitative estimate of drug-likeness (QED) is 0.861. The fourth-order valence-corrected chi connectivity index (χ4v) is 2.58. The number of aromatic nitrogens is 1. The van der Waals surface area contributed by atoms with Crippen molar-refractivity contribution in [3.8, 4) is 0 Å². The summed E-state index contributed by atoms with van der Waals surface area (Å²) in [6, 6.07) is 5.49. The van der Waals surface area contributed by atoms with E-state index in [2.05, 4.69) is 17.0 Å². The molecule has 0 N–H and O–H groups in total. The minimum absolute atomic E-state index is 0.00271. The molecule has 1 aromatic heterocycles. The van der Waals surface area contributed by atoms with Crippen LogP contribution in [-0.2, 0) is 4.79 Å². The molecule has 0 fully saturated rings. The molecule has 2 unspecified atom stereocenters. The van der Waals surface area contributed by atoms with Gasteiger partial charge in [-0.2, -0.15) is 5.10 Å². The summed E-state index contributed by atoms with van der Waals surface area (Å²) in [6.45, 7) is 4.13. The first-order valence-electron chi connectivity index (χ1n) is 6.92. The Kier molecular flexibility index (Phi) is 3.26. The van der Waals surface area contributed by atoms with Crippen LogP contribution in [0, 0.1) is 11.8 Å². The van der Waals surface area contributed by atoms with Crippen LogP contribution in [0.2, 0.25) is 0 Å². The molecule has 2 atom stereocenters. The summed E-state index contributed by atoms with van der Waals surface area (Å²) in [7, 11) is 0. The second-order valence-electron chi connectivity index (χ2n) is 5.17. The van der Waals surface area contributed by atoms with Crippen LogP contribution in [0.15, 0.2) is 34.1 Å². The van der Waals surface area contributed by atoms with E-state index in [1.54, 1.807) is 6.07 Å². The van der Waals surface area contributed by atoms with Crippen molar-refractivity contribution >= 4 is 28.9 Å². The standard InChI is InChI=1S/C15H17N3O2/c1-3-4-12-10(2)8-17-18(15(12)19)11-5-6-13-14(7-11)20-9-16-13/h5-10,12H,3-4H2,1-2H3. The van der Waals surface area contributed by atoms with Crippen LogP contribution in [0.4, 0.5) is 5.69 Å². The third-order valence-electron chi connectivity index (χ3n) is 3.74. The Labute approximate surface area is 117 Å². The van der Waals surface area contributed by atoms with Gasteiger partial charge in [-0.15, -0.1) is 0 Å². The molecule has 2 heterocycles. The Balaban J connectivity index is 1.96. The van der Waals surface area contributed by atoms with Crippen molar-refractivity contribution in [1.29, 1.82) is 0 Å². The molecule has 0 aliphatic carbocycles. The zero-order valence-electron chi connectivity index (χ0n) is 11.6. The van der Waals surface area contributed by atoms with Gasteiger partial charge in [-0.05, 0) is 18.6 Å². The first-order chi connectivity index (χ1) is 9.70. The molecule has 3 rings (SSSR count). The van der Waals surface area contributed by atoms with Crippen molar-refractivity contribution in [3.05, 3.63) is 24.6 Å². The summed E-state index contributed by atoms with van der Waals surface area (Å²) in [5.74, 6) is 0.247. The molecule has 1 aliphatic heterocycles. The van der Waals surface area contributed by atoms with Crippen molar-refractivity contribution in [1.82, 2.24) is 4.98 Å². The molecular formula is C15H17N3O2.